The quantitative estimate of drug-likeness (QED) is 0.733. The fraction of sp³-hybridized carbons (Fsp3) is 0.938. The lowest BCUT2D eigenvalue weighted by Gasteiger charge is -2.60. The molecule has 20 heavy (non-hydrogen) atoms. The van der Waals surface area contributed by atoms with Crippen molar-refractivity contribution in [3.8, 4) is 0 Å². The summed E-state index contributed by atoms with van der Waals surface area (Å²) in [5, 5.41) is 3.05. The molecule has 0 radical (unpaired) electrons. The van der Waals surface area contributed by atoms with Crippen LogP contribution in [0.15, 0.2) is 0 Å². The molecule has 3 atom stereocenters. The van der Waals surface area contributed by atoms with Crippen molar-refractivity contribution in [3.63, 3.8) is 0 Å². The van der Waals surface area contributed by atoms with Crippen molar-refractivity contribution in [2.75, 3.05) is 13.2 Å². The summed E-state index contributed by atoms with van der Waals surface area (Å²) >= 11 is 0. The zero-order chi connectivity index (χ0) is 15.0. The van der Waals surface area contributed by atoms with Gasteiger partial charge in [0.05, 0.1) is 6.10 Å². The molecule has 0 aromatic heterocycles. The summed E-state index contributed by atoms with van der Waals surface area (Å²) < 4.78 is 5.72. The van der Waals surface area contributed by atoms with Crippen LogP contribution in [-0.2, 0) is 9.53 Å². The van der Waals surface area contributed by atoms with E-state index in [0.29, 0.717) is 0 Å². The fourth-order valence-corrected chi connectivity index (χ4v) is 3.87. The van der Waals surface area contributed by atoms with E-state index in [1.165, 1.54) is 6.42 Å². The van der Waals surface area contributed by atoms with Gasteiger partial charge in [0, 0.05) is 24.5 Å². The van der Waals surface area contributed by atoms with E-state index in [2.05, 4.69) is 33.0 Å². The van der Waals surface area contributed by atoms with E-state index < -0.39 is 5.54 Å². The molecule has 1 heterocycles. The van der Waals surface area contributed by atoms with Crippen molar-refractivity contribution in [2.45, 2.75) is 65.0 Å². The second-order valence-corrected chi connectivity index (χ2v) is 7.42. The Morgan fingerprint density at radius 3 is 2.75 bits per heavy atom. The summed E-state index contributed by atoms with van der Waals surface area (Å²) in [6.07, 6.45) is 4.47. The predicted molar refractivity (Wildman–Crippen MR) is 80.2 cm³/mol. The lowest BCUT2D eigenvalue weighted by Crippen LogP contribution is -2.80. The molecule has 4 heteroatoms. The van der Waals surface area contributed by atoms with Crippen LogP contribution < -0.4 is 11.1 Å². The van der Waals surface area contributed by atoms with E-state index in [0.717, 1.165) is 38.3 Å². The number of hydrogen-bond donors (Lipinski definition) is 2. The molecule has 116 valence electrons. The number of carbonyl (C=O) groups excluding carboxylic acids is 1. The van der Waals surface area contributed by atoms with Crippen LogP contribution in [0.5, 0.6) is 0 Å². The number of carbonyl (C=O) groups is 1. The van der Waals surface area contributed by atoms with Crippen molar-refractivity contribution in [1.82, 2.24) is 5.32 Å². The monoisotopic (exact) mass is 282 g/mol. The highest BCUT2D eigenvalue weighted by Crippen LogP contribution is 2.58. The minimum Gasteiger partial charge on any atom is -0.377 e. The SMILES string of the molecule is CC(C)CCCCNC(=O)C1(N)C2CCOC2C1(C)C. The van der Waals surface area contributed by atoms with Crippen molar-refractivity contribution in [2.24, 2.45) is 23.0 Å². The highest BCUT2D eigenvalue weighted by atomic mass is 16.5. The molecule has 1 aliphatic carbocycles. The van der Waals surface area contributed by atoms with E-state index in [4.69, 9.17) is 10.5 Å². The van der Waals surface area contributed by atoms with Crippen LogP contribution in [-0.4, -0.2) is 30.7 Å². The first-order chi connectivity index (χ1) is 9.31. The Morgan fingerprint density at radius 1 is 1.40 bits per heavy atom. The highest BCUT2D eigenvalue weighted by Gasteiger charge is 2.71. The van der Waals surface area contributed by atoms with Crippen LogP contribution in [0, 0.1) is 17.3 Å². The molecular weight excluding hydrogens is 252 g/mol. The van der Waals surface area contributed by atoms with Gasteiger partial charge in [0.1, 0.15) is 5.54 Å². The standard InChI is InChI=1S/C16H30N2O2/c1-11(2)7-5-6-9-18-14(19)16(17)12-8-10-20-13(12)15(16,3)4/h11-13H,5-10,17H2,1-4H3,(H,18,19). The number of hydrogen-bond acceptors (Lipinski definition) is 3. The van der Waals surface area contributed by atoms with Crippen molar-refractivity contribution in [3.05, 3.63) is 0 Å². The minimum absolute atomic E-state index is 0.0128. The number of ether oxygens (including phenoxy) is 1. The molecule has 2 rings (SSSR count). The van der Waals surface area contributed by atoms with Crippen LogP contribution in [0.4, 0.5) is 0 Å². The van der Waals surface area contributed by atoms with E-state index in [1.807, 2.05) is 0 Å². The maximum atomic E-state index is 12.5. The average molecular weight is 282 g/mol. The Hall–Kier alpha value is -0.610. The van der Waals surface area contributed by atoms with Gasteiger partial charge in [-0.2, -0.15) is 0 Å². The maximum absolute atomic E-state index is 12.5. The summed E-state index contributed by atoms with van der Waals surface area (Å²) in [6, 6.07) is 0. The number of nitrogens with one attached hydrogen (secondary N) is 1. The summed E-state index contributed by atoms with van der Waals surface area (Å²) in [5.41, 5.74) is 5.45. The van der Waals surface area contributed by atoms with E-state index >= 15 is 0 Å². The van der Waals surface area contributed by atoms with Gasteiger partial charge >= 0.3 is 0 Å². The summed E-state index contributed by atoms with van der Waals surface area (Å²) in [5.74, 6) is 0.931. The molecule has 0 aromatic rings. The highest BCUT2D eigenvalue weighted by molar-refractivity contribution is 5.89. The second kappa shape index (κ2) is 5.64. The first-order valence-electron chi connectivity index (χ1n) is 8.00. The normalized spacial score (nSPS) is 34.7. The van der Waals surface area contributed by atoms with Crippen LogP contribution in [0.3, 0.4) is 0 Å². The number of nitrogens with two attached hydrogens (primary N) is 1. The molecule has 3 N–H and O–H groups in total. The molecule has 1 amide bonds. The van der Waals surface area contributed by atoms with Crippen LogP contribution >= 0.6 is 0 Å². The Balaban J connectivity index is 1.83. The zero-order valence-electron chi connectivity index (χ0n) is 13.4. The van der Waals surface area contributed by atoms with Crippen molar-refractivity contribution in [1.29, 1.82) is 0 Å². The molecule has 1 aliphatic heterocycles. The molecule has 3 unspecified atom stereocenters. The Kier molecular flexibility index (Phi) is 4.45. The molecule has 0 aromatic carbocycles. The van der Waals surface area contributed by atoms with Gasteiger partial charge in [-0.3, -0.25) is 4.79 Å². The van der Waals surface area contributed by atoms with Gasteiger partial charge < -0.3 is 15.8 Å². The van der Waals surface area contributed by atoms with Gasteiger partial charge in [-0.1, -0.05) is 40.5 Å². The second-order valence-electron chi connectivity index (χ2n) is 7.42. The zero-order valence-corrected chi connectivity index (χ0v) is 13.4. The molecule has 2 aliphatic rings. The molecule has 0 spiro atoms. The average Bonchev–Trinajstić information content (AvgIpc) is 2.84. The van der Waals surface area contributed by atoms with Crippen LogP contribution in [0.2, 0.25) is 0 Å². The van der Waals surface area contributed by atoms with Gasteiger partial charge in [-0.25, -0.2) is 0 Å². The first kappa shape index (κ1) is 15.8. The molecular formula is C16H30N2O2. The van der Waals surface area contributed by atoms with Gasteiger partial charge in [0.15, 0.2) is 0 Å². The maximum Gasteiger partial charge on any atom is 0.241 e. The first-order valence-corrected chi connectivity index (χ1v) is 8.00. The van der Waals surface area contributed by atoms with Gasteiger partial charge in [0.2, 0.25) is 5.91 Å². The van der Waals surface area contributed by atoms with Crippen molar-refractivity contribution >= 4 is 5.91 Å². The summed E-state index contributed by atoms with van der Waals surface area (Å²) in [6.45, 7) is 10.0. The fourth-order valence-electron chi connectivity index (χ4n) is 3.87. The number of fused-ring (bicyclic) bond motifs is 1. The topological polar surface area (TPSA) is 64.4 Å². The third-order valence-electron chi connectivity index (χ3n) is 5.32. The third-order valence-corrected chi connectivity index (χ3v) is 5.32. The van der Waals surface area contributed by atoms with E-state index in [9.17, 15) is 4.79 Å². The van der Waals surface area contributed by atoms with Gasteiger partial charge in [-0.15, -0.1) is 0 Å². The lowest BCUT2D eigenvalue weighted by molar-refractivity contribution is -0.175. The summed E-state index contributed by atoms with van der Waals surface area (Å²) in [4.78, 5) is 12.5. The smallest absolute Gasteiger partial charge is 0.241 e. The predicted octanol–water partition coefficient (Wildman–Crippen LogP) is 2.07. The Labute approximate surface area is 122 Å². The molecule has 4 nitrogen and oxygen atoms in total. The van der Waals surface area contributed by atoms with Crippen LogP contribution in [0.25, 0.3) is 0 Å². The minimum atomic E-state index is -0.758. The van der Waals surface area contributed by atoms with Gasteiger partial charge in [-0.05, 0) is 18.8 Å². The number of unbranched alkanes of at least 4 members (excludes halogenated alkanes) is 1. The Morgan fingerprint density at radius 2 is 2.10 bits per heavy atom. The summed E-state index contributed by atoms with van der Waals surface area (Å²) in [7, 11) is 0. The molecule has 0 bridgehead atoms. The molecule has 2 fully saturated rings. The van der Waals surface area contributed by atoms with Crippen LogP contribution in [0.1, 0.15) is 53.4 Å². The largest absolute Gasteiger partial charge is 0.377 e. The van der Waals surface area contributed by atoms with Gasteiger partial charge in [0.25, 0.3) is 0 Å². The number of rotatable bonds is 6. The Bertz CT molecular complexity index is 367. The molecule has 1 saturated heterocycles. The number of amides is 1. The third kappa shape index (κ3) is 2.37. The molecule has 1 saturated carbocycles. The van der Waals surface area contributed by atoms with E-state index in [-0.39, 0.29) is 23.3 Å². The van der Waals surface area contributed by atoms with Crippen molar-refractivity contribution < 1.29 is 9.53 Å². The lowest BCUT2D eigenvalue weighted by atomic mass is 9.48. The van der Waals surface area contributed by atoms with E-state index in [1.54, 1.807) is 0 Å².